The summed E-state index contributed by atoms with van der Waals surface area (Å²) in [7, 11) is 0. The highest BCUT2D eigenvalue weighted by Crippen LogP contribution is 2.28. The minimum Gasteiger partial charge on any atom is -0.460 e. The zero-order valence-electron chi connectivity index (χ0n) is 13.6. The number of rotatable bonds is 5. The summed E-state index contributed by atoms with van der Waals surface area (Å²) in [5, 5.41) is 1.21. The molecular weight excluding hydrogens is 306 g/mol. The number of hydrogen-bond acceptors (Lipinski definition) is 5. The lowest BCUT2D eigenvalue weighted by molar-refractivity contribution is 0.139. The number of likely N-dealkylation sites (tertiary alicyclic amines) is 1. The van der Waals surface area contributed by atoms with Gasteiger partial charge in [-0.25, -0.2) is 0 Å². The second-order valence-electron chi connectivity index (χ2n) is 6.72. The normalized spacial score (nSPS) is 28.3. The van der Waals surface area contributed by atoms with E-state index in [1.54, 1.807) is 0 Å². The van der Waals surface area contributed by atoms with Gasteiger partial charge >= 0.3 is 0 Å². The van der Waals surface area contributed by atoms with E-state index in [1.165, 1.54) is 24.0 Å². The number of thioether (sulfide) groups is 1. The molecule has 0 aliphatic carbocycles. The molecule has 2 aliphatic heterocycles. The van der Waals surface area contributed by atoms with Crippen LogP contribution in [-0.2, 0) is 6.54 Å². The number of benzene rings is 1. The number of nitrogens with zero attached hydrogens (tertiary/aromatic N) is 1. The van der Waals surface area contributed by atoms with Gasteiger partial charge in [0.05, 0.1) is 6.54 Å². The summed E-state index contributed by atoms with van der Waals surface area (Å²) < 4.78 is 6.00. The zero-order chi connectivity index (χ0) is 15.6. The molecule has 2 fully saturated rings. The van der Waals surface area contributed by atoms with Crippen molar-refractivity contribution in [3.05, 3.63) is 36.1 Å². The van der Waals surface area contributed by atoms with Crippen LogP contribution in [0.4, 0.5) is 0 Å². The molecule has 2 saturated heterocycles. The van der Waals surface area contributed by atoms with Gasteiger partial charge in [0.2, 0.25) is 0 Å². The molecule has 23 heavy (non-hydrogen) atoms. The fourth-order valence-corrected chi connectivity index (χ4v) is 4.46. The van der Waals surface area contributed by atoms with Crippen LogP contribution in [0.15, 0.2) is 34.7 Å². The monoisotopic (exact) mass is 331 g/mol. The predicted octanol–water partition coefficient (Wildman–Crippen LogP) is 2.85. The van der Waals surface area contributed by atoms with Crippen LogP contribution >= 0.6 is 11.8 Å². The number of fused-ring (bicyclic) bond motifs is 2. The Morgan fingerprint density at radius 3 is 3.09 bits per heavy atom. The van der Waals surface area contributed by atoms with E-state index >= 15 is 0 Å². The van der Waals surface area contributed by atoms with Crippen molar-refractivity contribution >= 4 is 22.7 Å². The van der Waals surface area contributed by atoms with Gasteiger partial charge in [0.25, 0.3) is 0 Å². The fraction of sp³-hybridized carbons (Fsp3) is 0.556. The van der Waals surface area contributed by atoms with E-state index in [4.69, 9.17) is 4.42 Å². The van der Waals surface area contributed by atoms with Crippen molar-refractivity contribution in [2.45, 2.75) is 31.5 Å². The summed E-state index contributed by atoms with van der Waals surface area (Å²) in [5.41, 5.74) is 8.04. The van der Waals surface area contributed by atoms with Crippen molar-refractivity contribution in [2.75, 3.05) is 25.1 Å². The van der Waals surface area contributed by atoms with Crippen LogP contribution in [0, 0.1) is 5.92 Å². The summed E-state index contributed by atoms with van der Waals surface area (Å²) in [6.45, 7) is 3.22. The molecule has 3 heterocycles. The van der Waals surface area contributed by atoms with Crippen LogP contribution in [-0.4, -0.2) is 42.1 Å². The maximum absolute atomic E-state index is 6.00. The van der Waals surface area contributed by atoms with E-state index in [0.717, 1.165) is 31.0 Å². The number of hydrogen-bond donors (Lipinski definition) is 2. The van der Waals surface area contributed by atoms with E-state index in [-0.39, 0.29) is 0 Å². The molecule has 3 atom stereocenters. The first-order chi connectivity index (χ1) is 11.3. The molecule has 2 N–H and O–H groups in total. The lowest BCUT2D eigenvalue weighted by Crippen LogP contribution is -2.46. The summed E-state index contributed by atoms with van der Waals surface area (Å²) in [6, 6.07) is 11.7. The third-order valence-corrected chi connectivity index (χ3v) is 5.85. The van der Waals surface area contributed by atoms with Crippen molar-refractivity contribution < 1.29 is 4.42 Å². The molecule has 2 aromatic rings. The molecule has 0 amide bonds. The largest absolute Gasteiger partial charge is 0.460 e. The van der Waals surface area contributed by atoms with Gasteiger partial charge in [0.15, 0.2) is 0 Å². The number of furan rings is 1. The quantitative estimate of drug-likeness (QED) is 0.882. The molecule has 5 heteroatoms. The zero-order valence-corrected chi connectivity index (χ0v) is 14.4. The van der Waals surface area contributed by atoms with Crippen LogP contribution in [0.3, 0.4) is 0 Å². The van der Waals surface area contributed by atoms with Crippen LogP contribution in [0.2, 0.25) is 0 Å². The molecule has 4 nitrogen and oxygen atoms in total. The molecule has 0 bridgehead atoms. The molecule has 3 unspecified atom stereocenters. The maximum atomic E-state index is 6.00. The van der Waals surface area contributed by atoms with Crippen molar-refractivity contribution in [3.8, 4) is 0 Å². The summed E-state index contributed by atoms with van der Waals surface area (Å²) >= 11 is 1.94. The second-order valence-corrected chi connectivity index (χ2v) is 7.71. The molecule has 1 aromatic carbocycles. The van der Waals surface area contributed by atoms with E-state index in [0.29, 0.717) is 18.0 Å². The minimum atomic E-state index is 0.603. The topological polar surface area (TPSA) is 40.4 Å². The first-order valence-electron chi connectivity index (χ1n) is 8.53. The smallest absolute Gasteiger partial charge is 0.134 e. The van der Waals surface area contributed by atoms with Gasteiger partial charge in [-0.3, -0.25) is 15.8 Å². The highest BCUT2D eigenvalue weighted by atomic mass is 32.2. The summed E-state index contributed by atoms with van der Waals surface area (Å²) in [6.07, 6.45) is 4.65. The van der Waals surface area contributed by atoms with Gasteiger partial charge in [-0.15, -0.1) is 0 Å². The van der Waals surface area contributed by atoms with E-state index < -0.39 is 0 Å². The van der Waals surface area contributed by atoms with E-state index in [9.17, 15) is 0 Å². The number of para-hydroxylation sites is 1. The van der Waals surface area contributed by atoms with Crippen molar-refractivity contribution in [1.29, 1.82) is 0 Å². The molecule has 124 valence electrons. The molecule has 0 radical (unpaired) electrons. The summed E-state index contributed by atoms with van der Waals surface area (Å²) in [5.74, 6) is 3.02. The third-order valence-electron chi connectivity index (χ3n) is 5.20. The highest BCUT2D eigenvalue weighted by Gasteiger charge is 2.39. The Kier molecular flexibility index (Phi) is 4.62. The second kappa shape index (κ2) is 6.85. The molecular formula is C18H25N3OS. The predicted molar refractivity (Wildman–Crippen MR) is 96.4 cm³/mol. The molecule has 2 aliphatic rings. The van der Waals surface area contributed by atoms with Crippen LogP contribution in [0.25, 0.3) is 11.0 Å². The van der Waals surface area contributed by atoms with Crippen molar-refractivity contribution in [1.82, 2.24) is 15.8 Å². The Morgan fingerprint density at radius 2 is 2.22 bits per heavy atom. The van der Waals surface area contributed by atoms with Crippen molar-refractivity contribution in [3.63, 3.8) is 0 Å². The van der Waals surface area contributed by atoms with Gasteiger partial charge in [-0.05, 0) is 37.0 Å². The minimum absolute atomic E-state index is 0.603. The first kappa shape index (κ1) is 15.5. The Labute approximate surface area is 141 Å². The van der Waals surface area contributed by atoms with Gasteiger partial charge in [0, 0.05) is 36.5 Å². The van der Waals surface area contributed by atoms with Gasteiger partial charge < -0.3 is 4.42 Å². The average Bonchev–Trinajstić information content (AvgIpc) is 3.16. The number of hydrazine groups is 1. The highest BCUT2D eigenvalue weighted by molar-refractivity contribution is 7.98. The first-order valence-corrected chi connectivity index (χ1v) is 9.92. The number of nitrogens with one attached hydrogen (secondary N) is 2. The molecule has 1 aromatic heterocycles. The van der Waals surface area contributed by atoms with Crippen LogP contribution in [0.1, 0.15) is 18.6 Å². The third kappa shape index (κ3) is 3.29. The lowest BCUT2D eigenvalue weighted by atomic mass is 9.87. The van der Waals surface area contributed by atoms with Crippen LogP contribution < -0.4 is 10.9 Å². The molecule has 4 rings (SSSR count). The Bertz CT molecular complexity index is 626. The average molecular weight is 331 g/mol. The Hall–Kier alpha value is -1.01. The Morgan fingerprint density at radius 1 is 1.30 bits per heavy atom. The SMILES string of the molecule is CSCCC1NNC2CCN(Cc3cc4ccccc4o3)CC12. The van der Waals surface area contributed by atoms with Gasteiger partial charge in [-0.2, -0.15) is 11.8 Å². The summed E-state index contributed by atoms with van der Waals surface area (Å²) in [4.78, 5) is 2.56. The Balaban J connectivity index is 1.41. The van der Waals surface area contributed by atoms with E-state index in [2.05, 4.69) is 40.2 Å². The number of piperidine rings is 1. The molecule has 0 saturated carbocycles. The maximum Gasteiger partial charge on any atom is 0.134 e. The lowest BCUT2D eigenvalue weighted by Gasteiger charge is -2.35. The van der Waals surface area contributed by atoms with Crippen molar-refractivity contribution in [2.24, 2.45) is 5.92 Å². The molecule has 0 spiro atoms. The van der Waals surface area contributed by atoms with Gasteiger partial charge in [0.1, 0.15) is 11.3 Å². The van der Waals surface area contributed by atoms with Crippen LogP contribution in [0.5, 0.6) is 0 Å². The van der Waals surface area contributed by atoms with Gasteiger partial charge in [-0.1, -0.05) is 18.2 Å². The standard InChI is InChI=1S/C18H25N3OS/c1-23-9-7-17-15-12-21(8-6-16(15)19-20-17)11-14-10-13-4-2-3-5-18(13)22-14/h2-5,10,15-17,19-20H,6-9,11-12H2,1H3. The van der Waals surface area contributed by atoms with E-state index in [1.807, 2.05) is 23.9 Å². The fourth-order valence-electron chi connectivity index (χ4n) is 3.97.